The molecule has 0 saturated heterocycles. The molecule has 0 amide bonds. The molecule has 1 aromatic heterocycles. The van der Waals surface area contributed by atoms with Gasteiger partial charge in [0.15, 0.2) is 0 Å². The molecule has 2 atom stereocenters. The zero-order valence-electron chi connectivity index (χ0n) is 8.15. The van der Waals surface area contributed by atoms with E-state index >= 15 is 0 Å². The van der Waals surface area contributed by atoms with Gasteiger partial charge in [0.05, 0.1) is 5.92 Å². The summed E-state index contributed by atoms with van der Waals surface area (Å²) < 4.78 is 5.66. The maximum atomic E-state index is 5.98. The maximum Gasteiger partial charge on any atom is 0.221 e. The first kappa shape index (κ1) is 8.41. The maximum absolute atomic E-state index is 5.98. The van der Waals surface area contributed by atoms with E-state index in [1.165, 1.54) is 19.3 Å². The molecule has 0 radical (unpaired) electrons. The van der Waals surface area contributed by atoms with Gasteiger partial charge in [0.25, 0.3) is 0 Å². The van der Waals surface area contributed by atoms with Gasteiger partial charge in [0, 0.05) is 12.0 Å². The smallest absolute Gasteiger partial charge is 0.221 e. The van der Waals surface area contributed by atoms with Gasteiger partial charge >= 0.3 is 0 Å². The third kappa shape index (κ3) is 1.34. The Morgan fingerprint density at radius 1 is 1.07 bits per heavy atom. The summed E-state index contributed by atoms with van der Waals surface area (Å²) in [6, 6.07) is 0.225. The predicted octanol–water partition coefficient (Wildman–Crippen LogP) is 1.54. The third-order valence-corrected chi connectivity index (χ3v) is 3.27. The van der Waals surface area contributed by atoms with E-state index in [0.29, 0.717) is 11.8 Å². The number of hydrogen-bond acceptors (Lipinski definition) is 4. The number of nitrogens with two attached hydrogens (primary N) is 1. The lowest BCUT2D eigenvalue weighted by Crippen LogP contribution is -2.22. The van der Waals surface area contributed by atoms with E-state index in [2.05, 4.69) is 10.2 Å². The molecule has 1 aromatic rings. The first-order chi connectivity index (χ1) is 6.84. The van der Waals surface area contributed by atoms with Gasteiger partial charge in [-0.05, 0) is 25.7 Å². The Bertz CT molecular complexity index is 332. The zero-order chi connectivity index (χ0) is 9.54. The molecule has 2 fully saturated rings. The van der Waals surface area contributed by atoms with Crippen molar-refractivity contribution < 1.29 is 4.42 Å². The van der Waals surface area contributed by atoms with E-state index in [0.717, 1.165) is 24.6 Å². The molecule has 4 nitrogen and oxygen atoms in total. The Morgan fingerprint density at radius 2 is 1.86 bits per heavy atom. The van der Waals surface area contributed by atoms with E-state index < -0.39 is 0 Å². The van der Waals surface area contributed by atoms with Crippen LogP contribution >= 0.6 is 0 Å². The topological polar surface area (TPSA) is 64.9 Å². The normalized spacial score (nSPS) is 32.4. The quantitative estimate of drug-likeness (QED) is 0.773. The largest absolute Gasteiger partial charge is 0.425 e. The average Bonchev–Trinajstić information content (AvgIpc) is 2.75. The van der Waals surface area contributed by atoms with E-state index in [1.54, 1.807) is 0 Å². The van der Waals surface area contributed by atoms with Crippen LogP contribution in [0, 0.1) is 0 Å². The lowest BCUT2D eigenvalue weighted by molar-refractivity contribution is 0.402. The number of nitrogens with zero attached hydrogens (tertiary/aromatic N) is 2. The second-order valence-corrected chi connectivity index (χ2v) is 4.45. The van der Waals surface area contributed by atoms with Crippen LogP contribution in [0.2, 0.25) is 0 Å². The molecule has 2 N–H and O–H groups in total. The Hall–Kier alpha value is -0.900. The van der Waals surface area contributed by atoms with Gasteiger partial charge in [-0.25, -0.2) is 0 Å². The lowest BCUT2D eigenvalue weighted by atomic mass is 10.1. The summed E-state index contributed by atoms with van der Waals surface area (Å²) in [4.78, 5) is 0. The molecule has 4 heteroatoms. The average molecular weight is 193 g/mol. The second kappa shape index (κ2) is 3.05. The molecule has 14 heavy (non-hydrogen) atoms. The highest BCUT2D eigenvalue weighted by Crippen LogP contribution is 2.40. The monoisotopic (exact) mass is 193 g/mol. The number of rotatable bonds is 2. The molecule has 0 aliphatic heterocycles. The summed E-state index contributed by atoms with van der Waals surface area (Å²) in [5.74, 6) is 2.47. The summed E-state index contributed by atoms with van der Waals surface area (Å²) in [7, 11) is 0. The van der Waals surface area contributed by atoms with Crippen LogP contribution in [-0.2, 0) is 0 Å². The molecule has 2 aliphatic carbocycles. The Morgan fingerprint density at radius 3 is 2.50 bits per heavy atom. The van der Waals surface area contributed by atoms with Crippen LogP contribution < -0.4 is 5.73 Å². The number of aromatic nitrogens is 2. The molecule has 0 bridgehead atoms. The molecule has 76 valence electrons. The molecule has 3 rings (SSSR count). The molecule has 0 aromatic carbocycles. The van der Waals surface area contributed by atoms with Crippen LogP contribution in [-0.4, -0.2) is 16.2 Å². The number of hydrogen-bond donors (Lipinski definition) is 1. The van der Waals surface area contributed by atoms with Crippen molar-refractivity contribution in [2.75, 3.05) is 0 Å². The minimum Gasteiger partial charge on any atom is -0.425 e. The Balaban J connectivity index is 1.81. The fourth-order valence-electron chi connectivity index (χ4n) is 2.19. The van der Waals surface area contributed by atoms with Gasteiger partial charge in [-0.3, -0.25) is 0 Å². The fourth-order valence-corrected chi connectivity index (χ4v) is 2.19. The van der Waals surface area contributed by atoms with Crippen molar-refractivity contribution in [3.05, 3.63) is 11.8 Å². The van der Waals surface area contributed by atoms with Crippen LogP contribution in [0.25, 0.3) is 0 Å². The molecule has 2 unspecified atom stereocenters. The molecular weight excluding hydrogens is 178 g/mol. The Labute approximate surface area is 82.9 Å². The third-order valence-electron chi connectivity index (χ3n) is 3.27. The second-order valence-electron chi connectivity index (χ2n) is 4.45. The van der Waals surface area contributed by atoms with E-state index in [4.69, 9.17) is 10.2 Å². The Kier molecular flexibility index (Phi) is 1.83. The first-order valence-corrected chi connectivity index (χ1v) is 5.43. The summed E-state index contributed by atoms with van der Waals surface area (Å²) in [5.41, 5.74) is 5.98. The van der Waals surface area contributed by atoms with Crippen molar-refractivity contribution in [2.45, 2.75) is 50.0 Å². The summed E-state index contributed by atoms with van der Waals surface area (Å²) >= 11 is 0. The van der Waals surface area contributed by atoms with Crippen molar-refractivity contribution in [2.24, 2.45) is 5.73 Å². The van der Waals surface area contributed by atoms with Gasteiger partial charge in [0.2, 0.25) is 11.8 Å². The SMILES string of the molecule is NC1CCCC1c1nnc(C2CC2)o1. The van der Waals surface area contributed by atoms with E-state index in [9.17, 15) is 0 Å². The van der Waals surface area contributed by atoms with Crippen molar-refractivity contribution in [3.8, 4) is 0 Å². The van der Waals surface area contributed by atoms with Gasteiger partial charge in [0.1, 0.15) is 0 Å². The molecule has 2 aliphatic rings. The highest BCUT2D eigenvalue weighted by atomic mass is 16.4. The highest BCUT2D eigenvalue weighted by Gasteiger charge is 2.33. The van der Waals surface area contributed by atoms with Crippen LogP contribution in [0.3, 0.4) is 0 Å². The summed E-state index contributed by atoms with van der Waals surface area (Å²) in [6.45, 7) is 0. The molecular formula is C10H15N3O. The van der Waals surface area contributed by atoms with E-state index in [1.807, 2.05) is 0 Å². The van der Waals surface area contributed by atoms with Crippen LogP contribution in [0.5, 0.6) is 0 Å². The van der Waals surface area contributed by atoms with Gasteiger partial charge in [-0.15, -0.1) is 10.2 Å². The lowest BCUT2D eigenvalue weighted by Gasteiger charge is -2.09. The van der Waals surface area contributed by atoms with Crippen molar-refractivity contribution >= 4 is 0 Å². The van der Waals surface area contributed by atoms with Gasteiger partial charge in [-0.2, -0.15) is 0 Å². The predicted molar refractivity (Wildman–Crippen MR) is 50.8 cm³/mol. The molecule has 1 heterocycles. The minimum absolute atomic E-state index is 0.225. The fraction of sp³-hybridized carbons (Fsp3) is 0.800. The summed E-state index contributed by atoms with van der Waals surface area (Å²) in [5, 5.41) is 8.20. The van der Waals surface area contributed by atoms with Gasteiger partial charge < -0.3 is 10.2 Å². The van der Waals surface area contributed by atoms with Crippen molar-refractivity contribution in [1.82, 2.24) is 10.2 Å². The highest BCUT2D eigenvalue weighted by molar-refractivity contribution is 5.05. The molecule has 2 saturated carbocycles. The summed E-state index contributed by atoms with van der Waals surface area (Å²) in [6.07, 6.45) is 5.79. The van der Waals surface area contributed by atoms with Crippen LogP contribution in [0.15, 0.2) is 4.42 Å². The van der Waals surface area contributed by atoms with Gasteiger partial charge in [-0.1, -0.05) is 6.42 Å². The van der Waals surface area contributed by atoms with E-state index in [-0.39, 0.29) is 6.04 Å². The van der Waals surface area contributed by atoms with Crippen molar-refractivity contribution in [1.29, 1.82) is 0 Å². The molecule has 0 spiro atoms. The standard InChI is InChI=1S/C10H15N3O/c11-8-3-1-2-7(8)10-13-12-9(14-10)6-4-5-6/h6-8H,1-5,11H2. The van der Waals surface area contributed by atoms with Crippen LogP contribution in [0.4, 0.5) is 0 Å². The van der Waals surface area contributed by atoms with Crippen LogP contribution in [0.1, 0.15) is 55.7 Å². The van der Waals surface area contributed by atoms with Crippen molar-refractivity contribution in [3.63, 3.8) is 0 Å². The minimum atomic E-state index is 0.225. The first-order valence-electron chi connectivity index (χ1n) is 5.43. The zero-order valence-corrected chi connectivity index (χ0v) is 8.15.